The third-order valence-electron chi connectivity index (χ3n) is 3.99. The highest BCUT2D eigenvalue weighted by molar-refractivity contribution is 8.13. The number of rotatable bonds is 3. The quantitative estimate of drug-likeness (QED) is 0.811. The molecule has 3 N–H and O–H groups in total. The van der Waals surface area contributed by atoms with Gasteiger partial charge in [0.1, 0.15) is 5.54 Å². The molecule has 1 aliphatic rings. The van der Waals surface area contributed by atoms with Gasteiger partial charge in [-0.25, -0.2) is 14.4 Å². The standard InChI is InChI=1S/C18H16FN5OS/c1-3-11-8-13(19)15(22-10-11)16(25)23-12-4-6-21-14(9-12)18(2)5-7-26-17(20)24-18/h1,4,6,8-10H,5,7H2,2H3,(H2,20,24)(H,21,23,25)/t18-/m0/s1. The first-order valence-corrected chi connectivity index (χ1v) is 8.78. The van der Waals surface area contributed by atoms with E-state index in [0.717, 1.165) is 18.2 Å². The van der Waals surface area contributed by atoms with Crippen LogP contribution in [0.1, 0.15) is 35.1 Å². The summed E-state index contributed by atoms with van der Waals surface area (Å²) < 4.78 is 14.0. The predicted octanol–water partition coefficient (Wildman–Crippen LogP) is 2.52. The number of thioether (sulfide) groups is 1. The summed E-state index contributed by atoms with van der Waals surface area (Å²) in [5, 5.41) is 3.14. The molecule has 0 spiro atoms. The van der Waals surface area contributed by atoms with Gasteiger partial charge in [0.25, 0.3) is 5.91 Å². The maximum absolute atomic E-state index is 14.0. The summed E-state index contributed by atoms with van der Waals surface area (Å²) in [4.78, 5) is 25.0. The molecule has 0 saturated heterocycles. The topological polar surface area (TPSA) is 93.3 Å². The van der Waals surface area contributed by atoms with Gasteiger partial charge in [0, 0.05) is 29.4 Å². The van der Waals surface area contributed by atoms with Crippen LogP contribution in [0.4, 0.5) is 10.1 Å². The van der Waals surface area contributed by atoms with Crippen molar-refractivity contribution in [3.8, 4) is 12.3 Å². The van der Waals surface area contributed by atoms with E-state index in [9.17, 15) is 9.18 Å². The Labute approximate surface area is 154 Å². The van der Waals surface area contributed by atoms with Crippen LogP contribution in [0.25, 0.3) is 0 Å². The lowest BCUT2D eigenvalue weighted by atomic mass is 9.94. The van der Waals surface area contributed by atoms with Gasteiger partial charge in [-0.15, -0.1) is 6.42 Å². The van der Waals surface area contributed by atoms with E-state index in [0.29, 0.717) is 16.5 Å². The molecule has 132 valence electrons. The molecular weight excluding hydrogens is 353 g/mol. The molecule has 0 aliphatic carbocycles. The van der Waals surface area contributed by atoms with E-state index in [1.165, 1.54) is 18.0 Å². The molecule has 3 rings (SSSR count). The van der Waals surface area contributed by atoms with Gasteiger partial charge < -0.3 is 11.1 Å². The fourth-order valence-corrected chi connectivity index (χ4v) is 3.52. The molecule has 26 heavy (non-hydrogen) atoms. The maximum Gasteiger partial charge on any atom is 0.277 e. The number of nitrogens with one attached hydrogen (secondary N) is 1. The molecule has 0 aromatic carbocycles. The van der Waals surface area contributed by atoms with Crippen molar-refractivity contribution in [3.05, 3.63) is 53.4 Å². The van der Waals surface area contributed by atoms with Crippen molar-refractivity contribution < 1.29 is 9.18 Å². The van der Waals surface area contributed by atoms with E-state index in [-0.39, 0.29) is 11.3 Å². The van der Waals surface area contributed by atoms with Crippen LogP contribution < -0.4 is 11.1 Å². The number of amides is 1. The lowest BCUT2D eigenvalue weighted by Crippen LogP contribution is -2.29. The molecule has 8 heteroatoms. The maximum atomic E-state index is 14.0. The van der Waals surface area contributed by atoms with Crippen molar-refractivity contribution in [2.45, 2.75) is 18.9 Å². The molecule has 2 aromatic rings. The monoisotopic (exact) mass is 369 g/mol. The van der Waals surface area contributed by atoms with Crippen LogP contribution in [0.3, 0.4) is 0 Å². The van der Waals surface area contributed by atoms with E-state index in [1.807, 2.05) is 6.92 Å². The largest absolute Gasteiger partial charge is 0.379 e. The number of aromatic nitrogens is 2. The van der Waals surface area contributed by atoms with Crippen molar-refractivity contribution in [1.29, 1.82) is 0 Å². The number of amidine groups is 1. The third-order valence-corrected chi connectivity index (χ3v) is 4.78. The van der Waals surface area contributed by atoms with Crippen molar-refractivity contribution >= 4 is 28.5 Å². The highest BCUT2D eigenvalue weighted by atomic mass is 32.2. The number of carbonyl (C=O) groups is 1. The smallest absolute Gasteiger partial charge is 0.277 e. The molecule has 0 bridgehead atoms. The summed E-state index contributed by atoms with van der Waals surface area (Å²) in [5.41, 5.74) is 6.35. The van der Waals surface area contributed by atoms with E-state index in [4.69, 9.17) is 12.2 Å². The zero-order valence-corrected chi connectivity index (χ0v) is 14.8. The molecular formula is C18H16FN5OS. The molecule has 0 fully saturated rings. The Morgan fingerprint density at radius 2 is 2.27 bits per heavy atom. The van der Waals surface area contributed by atoms with Crippen molar-refractivity contribution in [2.24, 2.45) is 10.7 Å². The normalized spacial score (nSPS) is 19.3. The van der Waals surface area contributed by atoms with Crippen molar-refractivity contribution in [2.75, 3.05) is 11.1 Å². The van der Waals surface area contributed by atoms with Crippen LogP contribution in [0.5, 0.6) is 0 Å². The molecule has 1 aliphatic heterocycles. The third kappa shape index (κ3) is 3.68. The van der Waals surface area contributed by atoms with Gasteiger partial charge in [0.15, 0.2) is 16.7 Å². The molecule has 3 heterocycles. The number of anilines is 1. The van der Waals surface area contributed by atoms with E-state index in [1.54, 1.807) is 18.3 Å². The molecule has 0 radical (unpaired) electrons. The molecule has 1 amide bonds. The van der Waals surface area contributed by atoms with Crippen LogP contribution in [0, 0.1) is 18.2 Å². The Morgan fingerprint density at radius 3 is 2.96 bits per heavy atom. The van der Waals surface area contributed by atoms with Gasteiger partial charge in [0.2, 0.25) is 0 Å². The summed E-state index contributed by atoms with van der Waals surface area (Å²) in [6, 6.07) is 4.42. The number of terminal acetylenes is 1. The van der Waals surface area contributed by atoms with Gasteiger partial charge in [0.05, 0.1) is 5.69 Å². The van der Waals surface area contributed by atoms with E-state index < -0.39 is 17.3 Å². The van der Waals surface area contributed by atoms with Crippen LogP contribution in [-0.2, 0) is 5.54 Å². The molecule has 0 saturated carbocycles. The highest BCUT2D eigenvalue weighted by Crippen LogP contribution is 2.34. The number of halogens is 1. The molecule has 0 unspecified atom stereocenters. The van der Waals surface area contributed by atoms with Gasteiger partial charge in [-0.05, 0) is 31.5 Å². The first-order valence-electron chi connectivity index (χ1n) is 7.79. The Kier molecular flexibility index (Phi) is 4.91. The zero-order chi connectivity index (χ0) is 18.7. The van der Waals surface area contributed by atoms with Crippen molar-refractivity contribution in [3.63, 3.8) is 0 Å². The van der Waals surface area contributed by atoms with Gasteiger partial charge in [-0.1, -0.05) is 17.7 Å². The lowest BCUT2D eigenvalue weighted by molar-refractivity contribution is 0.101. The molecule has 2 aromatic heterocycles. The highest BCUT2D eigenvalue weighted by Gasteiger charge is 2.31. The first-order chi connectivity index (χ1) is 12.4. The Balaban J connectivity index is 1.84. The number of aliphatic imine (C=N–C) groups is 1. The minimum Gasteiger partial charge on any atom is -0.379 e. The van der Waals surface area contributed by atoms with E-state index in [2.05, 4.69) is 26.2 Å². The van der Waals surface area contributed by atoms with Crippen molar-refractivity contribution in [1.82, 2.24) is 9.97 Å². The zero-order valence-electron chi connectivity index (χ0n) is 14.0. The average Bonchev–Trinajstić information content (AvgIpc) is 2.61. The lowest BCUT2D eigenvalue weighted by Gasteiger charge is -2.28. The van der Waals surface area contributed by atoms with Gasteiger partial charge in [-0.3, -0.25) is 9.78 Å². The number of hydrogen-bond acceptors (Lipinski definition) is 6. The summed E-state index contributed by atoms with van der Waals surface area (Å²) in [6.45, 7) is 1.94. The molecule has 1 atom stereocenters. The first kappa shape index (κ1) is 17.9. The van der Waals surface area contributed by atoms with Gasteiger partial charge >= 0.3 is 0 Å². The Morgan fingerprint density at radius 1 is 1.46 bits per heavy atom. The summed E-state index contributed by atoms with van der Waals surface area (Å²) in [7, 11) is 0. The number of nitrogens with two attached hydrogens (primary N) is 1. The second-order valence-electron chi connectivity index (χ2n) is 5.90. The summed E-state index contributed by atoms with van der Waals surface area (Å²) >= 11 is 1.50. The second kappa shape index (κ2) is 7.14. The van der Waals surface area contributed by atoms with Crippen LogP contribution in [-0.4, -0.2) is 26.8 Å². The molecule has 6 nitrogen and oxygen atoms in total. The number of nitrogens with zero attached hydrogens (tertiary/aromatic N) is 3. The SMILES string of the molecule is C#Cc1cnc(C(=O)Nc2ccnc([C@]3(C)CCSC(N)=N3)c2)c(F)c1. The van der Waals surface area contributed by atoms with Crippen LogP contribution in [0.2, 0.25) is 0 Å². The average molecular weight is 369 g/mol. The fourth-order valence-electron chi connectivity index (χ4n) is 2.55. The minimum absolute atomic E-state index is 0.267. The van der Waals surface area contributed by atoms with Gasteiger partial charge in [-0.2, -0.15) is 0 Å². The number of hydrogen-bond donors (Lipinski definition) is 2. The minimum atomic E-state index is -0.777. The second-order valence-corrected chi connectivity index (χ2v) is 7.02. The fraction of sp³-hybridized carbons (Fsp3) is 0.222. The number of pyridine rings is 2. The Hall–Kier alpha value is -2.92. The van der Waals surface area contributed by atoms with E-state index >= 15 is 0 Å². The predicted molar refractivity (Wildman–Crippen MR) is 100 cm³/mol. The number of carbonyl (C=O) groups excluding carboxylic acids is 1. The summed E-state index contributed by atoms with van der Waals surface area (Å²) in [5.74, 6) is 1.65. The Bertz CT molecular complexity index is 939. The van der Waals surface area contributed by atoms with Crippen LogP contribution in [0.15, 0.2) is 35.6 Å². The van der Waals surface area contributed by atoms with Crippen LogP contribution >= 0.6 is 11.8 Å². The summed E-state index contributed by atoms with van der Waals surface area (Å²) in [6.07, 6.45) is 8.80.